The molecular weight excluding hydrogens is 343 g/mol. The zero-order chi connectivity index (χ0) is 15.5. The average molecular weight is 358 g/mol. The van der Waals surface area contributed by atoms with Crippen LogP contribution >= 0.6 is 15.9 Å². The Morgan fingerprint density at radius 2 is 1.81 bits per heavy atom. The molecule has 0 saturated heterocycles. The summed E-state index contributed by atoms with van der Waals surface area (Å²) in [6.07, 6.45) is -3.71. The zero-order valence-corrected chi connectivity index (χ0v) is 13.0. The first-order valence-electron chi connectivity index (χ1n) is 6.49. The molecule has 2 rings (SSSR count). The van der Waals surface area contributed by atoms with Crippen LogP contribution in [0.2, 0.25) is 0 Å². The summed E-state index contributed by atoms with van der Waals surface area (Å²) in [6, 6.07) is 13.0. The number of hydrogen-bond acceptors (Lipinski definition) is 1. The summed E-state index contributed by atoms with van der Waals surface area (Å²) in [6.45, 7) is 0. The van der Waals surface area contributed by atoms with Crippen molar-refractivity contribution >= 4 is 15.9 Å². The Labute approximate surface area is 130 Å². The highest BCUT2D eigenvalue weighted by atomic mass is 79.9. The maximum absolute atomic E-state index is 12.8. The van der Waals surface area contributed by atoms with E-state index in [0.717, 1.165) is 16.1 Å². The third-order valence-electron chi connectivity index (χ3n) is 3.35. The van der Waals surface area contributed by atoms with E-state index in [-0.39, 0.29) is 6.04 Å². The molecule has 0 radical (unpaired) electrons. The monoisotopic (exact) mass is 357 g/mol. The first kappa shape index (κ1) is 16.0. The molecule has 2 aromatic rings. The maximum Gasteiger partial charge on any atom is 0.416 e. The molecule has 0 fully saturated rings. The van der Waals surface area contributed by atoms with E-state index in [1.807, 2.05) is 24.3 Å². The minimum Gasteiger partial charge on any atom is -0.313 e. The van der Waals surface area contributed by atoms with Crippen molar-refractivity contribution in [2.75, 3.05) is 7.05 Å². The summed E-state index contributed by atoms with van der Waals surface area (Å²) in [7, 11) is 1.75. The number of benzene rings is 2. The highest BCUT2D eigenvalue weighted by Gasteiger charge is 2.30. The fourth-order valence-corrected chi connectivity index (χ4v) is 2.65. The van der Waals surface area contributed by atoms with Crippen LogP contribution in [0.15, 0.2) is 53.0 Å². The Kier molecular flexibility index (Phi) is 5.06. The number of halogens is 4. The van der Waals surface area contributed by atoms with Crippen molar-refractivity contribution in [3.05, 3.63) is 69.7 Å². The van der Waals surface area contributed by atoms with Gasteiger partial charge >= 0.3 is 6.18 Å². The molecule has 0 aliphatic heterocycles. The van der Waals surface area contributed by atoms with Gasteiger partial charge in [-0.15, -0.1) is 0 Å². The van der Waals surface area contributed by atoms with Gasteiger partial charge < -0.3 is 5.32 Å². The highest BCUT2D eigenvalue weighted by Crippen LogP contribution is 2.31. The van der Waals surface area contributed by atoms with Gasteiger partial charge in [-0.1, -0.05) is 46.3 Å². The maximum atomic E-state index is 12.8. The minimum atomic E-state index is -4.32. The van der Waals surface area contributed by atoms with Gasteiger partial charge in [-0.2, -0.15) is 13.2 Å². The van der Waals surface area contributed by atoms with Gasteiger partial charge in [0.2, 0.25) is 0 Å². The molecule has 5 heteroatoms. The van der Waals surface area contributed by atoms with Crippen LogP contribution in [0.25, 0.3) is 0 Å². The van der Waals surface area contributed by atoms with Crippen molar-refractivity contribution in [2.24, 2.45) is 0 Å². The lowest BCUT2D eigenvalue weighted by Crippen LogP contribution is -2.19. The first-order chi connectivity index (χ1) is 9.91. The van der Waals surface area contributed by atoms with Gasteiger partial charge in [-0.25, -0.2) is 0 Å². The first-order valence-corrected chi connectivity index (χ1v) is 7.29. The van der Waals surface area contributed by atoms with Crippen molar-refractivity contribution < 1.29 is 13.2 Å². The largest absolute Gasteiger partial charge is 0.416 e. The van der Waals surface area contributed by atoms with E-state index >= 15 is 0 Å². The Morgan fingerprint density at radius 1 is 1.10 bits per heavy atom. The average Bonchev–Trinajstić information content (AvgIpc) is 2.46. The van der Waals surface area contributed by atoms with Crippen molar-refractivity contribution in [2.45, 2.75) is 18.6 Å². The van der Waals surface area contributed by atoms with Crippen molar-refractivity contribution in [1.29, 1.82) is 0 Å². The van der Waals surface area contributed by atoms with Gasteiger partial charge in [0, 0.05) is 10.5 Å². The van der Waals surface area contributed by atoms with Crippen molar-refractivity contribution in [3.8, 4) is 0 Å². The van der Waals surface area contributed by atoms with Crippen LogP contribution in [-0.2, 0) is 12.6 Å². The molecule has 0 bridgehead atoms. The molecule has 1 atom stereocenters. The normalized spacial score (nSPS) is 13.2. The van der Waals surface area contributed by atoms with E-state index < -0.39 is 11.7 Å². The van der Waals surface area contributed by atoms with E-state index in [0.29, 0.717) is 12.0 Å². The van der Waals surface area contributed by atoms with E-state index in [9.17, 15) is 13.2 Å². The lowest BCUT2D eigenvalue weighted by atomic mass is 9.97. The van der Waals surface area contributed by atoms with Crippen LogP contribution in [0, 0.1) is 0 Å². The fraction of sp³-hybridized carbons (Fsp3) is 0.250. The Hall–Kier alpha value is -1.33. The Morgan fingerprint density at radius 3 is 2.43 bits per heavy atom. The molecule has 1 N–H and O–H groups in total. The second kappa shape index (κ2) is 6.62. The summed E-state index contributed by atoms with van der Waals surface area (Å²) < 4.78 is 39.4. The highest BCUT2D eigenvalue weighted by molar-refractivity contribution is 9.10. The summed E-state index contributed by atoms with van der Waals surface area (Å²) in [5.74, 6) is 0. The molecule has 1 unspecified atom stereocenters. The number of nitrogens with one attached hydrogen (secondary N) is 1. The predicted octanol–water partition coefficient (Wildman–Crippen LogP) is 4.97. The van der Waals surface area contributed by atoms with E-state index in [4.69, 9.17) is 0 Å². The van der Waals surface area contributed by atoms with Gasteiger partial charge in [0.1, 0.15) is 0 Å². The predicted molar refractivity (Wildman–Crippen MR) is 81.1 cm³/mol. The van der Waals surface area contributed by atoms with E-state index in [1.165, 1.54) is 12.1 Å². The summed E-state index contributed by atoms with van der Waals surface area (Å²) >= 11 is 3.46. The zero-order valence-electron chi connectivity index (χ0n) is 11.4. The molecule has 0 heterocycles. The van der Waals surface area contributed by atoms with Crippen LogP contribution in [0.1, 0.15) is 22.7 Å². The van der Waals surface area contributed by atoms with Gasteiger partial charge in [-0.05, 0) is 42.8 Å². The lowest BCUT2D eigenvalue weighted by molar-refractivity contribution is -0.137. The Bertz CT molecular complexity index is 610. The summed E-state index contributed by atoms with van der Waals surface area (Å²) in [5, 5.41) is 3.08. The lowest BCUT2D eigenvalue weighted by Gasteiger charge is -2.19. The molecule has 0 aromatic heterocycles. The molecule has 0 spiro atoms. The molecule has 2 aromatic carbocycles. The van der Waals surface area contributed by atoms with Crippen LogP contribution in [0.5, 0.6) is 0 Å². The third kappa shape index (κ3) is 4.08. The van der Waals surface area contributed by atoms with Crippen LogP contribution in [-0.4, -0.2) is 7.05 Å². The quantitative estimate of drug-likeness (QED) is 0.814. The van der Waals surface area contributed by atoms with Gasteiger partial charge in [-0.3, -0.25) is 0 Å². The van der Waals surface area contributed by atoms with Crippen molar-refractivity contribution in [1.82, 2.24) is 5.32 Å². The molecule has 21 heavy (non-hydrogen) atoms. The SMILES string of the molecule is CNC(Cc1ccccc1Br)c1cccc(C(F)(F)F)c1. The number of likely N-dealkylation sites (N-methyl/N-ethyl adjacent to an activating group) is 1. The fourth-order valence-electron chi connectivity index (χ4n) is 2.20. The molecule has 0 aliphatic rings. The second-order valence-electron chi connectivity index (χ2n) is 4.76. The van der Waals surface area contributed by atoms with Crippen LogP contribution < -0.4 is 5.32 Å². The minimum absolute atomic E-state index is 0.175. The molecule has 1 nitrogen and oxygen atoms in total. The van der Waals surface area contributed by atoms with E-state index in [2.05, 4.69) is 21.2 Å². The third-order valence-corrected chi connectivity index (χ3v) is 4.12. The van der Waals surface area contributed by atoms with Gasteiger partial charge in [0.05, 0.1) is 5.56 Å². The Balaban J connectivity index is 2.28. The molecule has 0 saturated carbocycles. The van der Waals surface area contributed by atoms with E-state index in [1.54, 1.807) is 13.1 Å². The van der Waals surface area contributed by atoms with Crippen LogP contribution in [0.4, 0.5) is 13.2 Å². The van der Waals surface area contributed by atoms with Gasteiger partial charge in [0.25, 0.3) is 0 Å². The number of alkyl halides is 3. The molecule has 0 amide bonds. The van der Waals surface area contributed by atoms with Crippen LogP contribution in [0.3, 0.4) is 0 Å². The molecule has 112 valence electrons. The second-order valence-corrected chi connectivity index (χ2v) is 5.61. The smallest absolute Gasteiger partial charge is 0.313 e. The topological polar surface area (TPSA) is 12.0 Å². The van der Waals surface area contributed by atoms with Crippen molar-refractivity contribution in [3.63, 3.8) is 0 Å². The molecular formula is C16H15BrF3N. The number of rotatable bonds is 4. The molecule has 0 aliphatic carbocycles. The standard InChI is InChI=1S/C16H15BrF3N/c1-21-15(10-11-5-2-3-8-14(11)17)12-6-4-7-13(9-12)16(18,19)20/h2-9,15,21H,10H2,1H3. The number of hydrogen-bond donors (Lipinski definition) is 1. The summed E-state index contributed by atoms with van der Waals surface area (Å²) in [4.78, 5) is 0. The summed E-state index contributed by atoms with van der Waals surface area (Å²) in [5.41, 5.74) is 1.06. The van der Waals surface area contributed by atoms with Gasteiger partial charge in [0.15, 0.2) is 0 Å².